The number of halogens is 1. The molecule has 0 bridgehead atoms. The quantitative estimate of drug-likeness (QED) is 0.246. The topological polar surface area (TPSA) is 80.9 Å². The first-order valence-corrected chi connectivity index (χ1v) is 10.3. The Balaban J connectivity index is 0.00000450. The van der Waals surface area contributed by atoms with Crippen LogP contribution >= 0.6 is 24.0 Å². The average molecular weight is 530 g/mol. The van der Waals surface area contributed by atoms with E-state index < -0.39 is 0 Å². The van der Waals surface area contributed by atoms with Gasteiger partial charge in [0.15, 0.2) is 23.2 Å². The standard InChI is InChI=1S/C22H34N4O3.HI/c1-6-11-28-20-10-9-16(12-21(20)27-5)14-24-22(23-4)25-15-18-13-19(26-29-18)17(7-2)8-3;/h9-10,12-13,17H,6-8,11,14-15H2,1-5H3,(H2,23,24,25);1H. The highest BCUT2D eigenvalue weighted by atomic mass is 127. The summed E-state index contributed by atoms with van der Waals surface area (Å²) in [5.41, 5.74) is 2.09. The number of ether oxygens (including phenoxy) is 2. The fraction of sp³-hybridized carbons (Fsp3) is 0.545. The molecule has 7 nitrogen and oxygen atoms in total. The molecule has 0 aliphatic heterocycles. The Morgan fingerprint density at radius 2 is 1.83 bits per heavy atom. The molecule has 2 N–H and O–H groups in total. The number of rotatable bonds is 11. The van der Waals surface area contributed by atoms with E-state index in [0.29, 0.717) is 31.6 Å². The van der Waals surface area contributed by atoms with Crippen LogP contribution in [0.1, 0.15) is 63.0 Å². The first-order valence-electron chi connectivity index (χ1n) is 10.3. The van der Waals surface area contributed by atoms with Crippen LogP contribution in [-0.2, 0) is 13.1 Å². The Bertz CT molecular complexity index is 775. The lowest BCUT2D eigenvalue weighted by molar-refractivity contribution is 0.294. The number of nitrogens with one attached hydrogen (secondary N) is 2. The van der Waals surface area contributed by atoms with Crippen molar-refractivity contribution in [1.82, 2.24) is 15.8 Å². The lowest BCUT2D eigenvalue weighted by Gasteiger charge is -2.14. The summed E-state index contributed by atoms with van der Waals surface area (Å²) in [7, 11) is 3.40. The van der Waals surface area contributed by atoms with Gasteiger partial charge >= 0.3 is 0 Å². The Morgan fingerprint density at radius 3 is 2.47 bits per heavy atom. The summed E-state index contributed by atoms with van der Waals surface area (Å²) >= 11 is 0. The molecule has 0 unspecified atom stereocenters. The summed E-state index contributed by atoms with van der Waals surface area (Å²) in [5, 5.41) is 10.8. The minimum absolute atomic E-state index is 0. The van der Waals surface area contributed by atoms with Crippen LogP contribution in [0.2, 0.25) is 0 Å². The van der Waals surface area contributed by atoms with Gasteiger partial charge in [0.25, 0.3) is 0 Å². The van der Waals surface area contributed by atoms with E-state index in [1.807, 2.05) is 24.3 Å². The summed E-state index contributed by atoms with van der Waals surface area (Å²) in [6, 6.07) is 7.96. The molecule has 168 valence electrons. The summed E-state index contributed by atoms with van der Waals surface area (Å²) in [6.07, 6.45) is 3.08. The first kappa shape index (κ1) is 26.1. The minimum Gasteiger partial charge on any atom is -0.493 e. The highest BCUT2D eigenvalue weighted by molar-refractivity contribution is 14.0. The molecular weight excluding hydrogens is 495 g/mol. The van der Waals surface area contributed by atoms with Crippen molar-refractivity contribution in [1.29, 1.82) is 0 Å². The minimum atomic E-state index is 0. The van der Waals surface area contributed by atoms with Crippen LogP contribution < -0.4 is 20.1 Å². The van der Waals surface area contributed by atoms with E-state index in [4.69, 9.17) is 14.0 Å². The van der Waals surface area contributed by atoms with Crippen LogP contribution in [0.5, 0.6) is 11.5 Å². The molecule has 1 heterocycles. The zero-order chi connectivity index (χ0) is 21.1. The van der Waals surface area contributed by atoms with Gasteiger partial charge in [0.05, 0.1) is 26.0 Å². The Hall–Kier alpha value is -1.97. The zero-order valence-electron chi connectivity index (χ0n) is 18.7. The molecule has 2 aromatic rings. The molecule has 0 saturated carbocycles. The van der Waals surface area contributed by atoms with E-state index in [2.05, 4.69) is 41.6 Å². The number of aromatic nitrogens is 1. The second-order valence-electron chi connectivity index (χ2n) is 6.84. The van der Waals surface area contributed by atoms with Crippen molar-refractivity contribution < 1.29 is 14.0 Å². The van der Waals surface area contributed by atoms with Gasteiger partial charge in [-0.1, -0.05) is 32.0 Å². The van der Waals surface area contributed by atoms with Crippen LogP contribution in [0.3, 0.4) is 0 Å². The summed E-state index contributed by atoms with van der Waals surface area (Å²) in [6.45, 7) is 8.23. The van der Waals surface area contributed by atoms with Gasteiger partial charge in [-0.05, 0) is 37.0 Å². The fourth-order valence-corrected chi connectivity index (χ4v) is 3.04. The molecule has 0 atom stereocenters. The third-order valence-electron chi connectivity index (χ3n) is 4.78. The summed E-state index contributed by atoms with van der Waals surface area (Å²) in [4.78, 5) is 4.27. The van der Waals surface area contributed by atoms with Gasteiger partial charge in [-0.25, -0.2) is 0 Å². The Morgan fingerprint density at radius 1 is 1.10 bits per heavy atom. The molecule has 0 saturated heterocycles. The third kappa shape index (κ3) is 7.70. The molecule has 0 aliphatic carbocycles. The van der Waals surface area contributed by atoms with Crippen LogP contribution in [0.4, 0.5) is 0 Å². The molecule has 0 spiro atoms. The van der Waals surface area contributed by atoms with Crippen LogP contribution in [0.25, 0.3) is 0 Å². The van der Waals surface area contributed by atoms with Gasteiger partial charge in [0, 0.05) is 25.6 Å². The third-order valence-corrected chi connectivity index (χ3v) is 4.78. The number of nitrogens with zero attached hydrogens (tertiary/aromatic N) is 2. The van der Waals surface area contributed by atoms with Gasteiger partial charge < -0.3 is 24.6 Å². The van der Waals surface area contributed by atoms with E-state index in [1.54, 1.807) is 14.2 Å². The summed E-state index contributed by atoms with van der Waals surface area (Å²) in [5.74, 6) is 3.43. The van der Waals surface area contributed by atoms with Gasteiger partial charge in [-0.15, -0.1) is 24.0 Å². The molecule has 1 aromatic carbocycles. The number of hydrogen-bond acceptors (Lipinski definition) is 5. The maximum atomic E-state index is 5.70. The molecule has 1 aromatic heterocycles. The number of benzene rings is 1. The van der Waals surface area contributed by atoms with Crippen molar-refractivity contribution >= 4 is 29.9 Å². The first-order chi connectivity index (χ1) is 14.1. The monoisotopic (exact) mass is 530 g/mol. The summed E-state index contributed by atoms with van der Waals surface area (Å²) < 4.78 is 16.6. The van der Waals surface area contributed by atoms with Crippen molar-refractivity contribution in [2.45, 2.75) is 59.0 Å². The number of hydrogen-bond donors (Lipinski definition) is 2. The van der Waals surface area contributed by atoms with Crippen molar-refractivity contribution in [3.8, 4) is 11.5 Å². The largest absolute Gasteiger partial charge is 0.493 e. The molecule has 0 fully saturated rings. The zero-order valence-corrected chi connectivity index (χ0v) is 21.0. The predicted molar refractivity (Wildman–Crippen MR) is 131 cm³/mol. The van der Waals surface area contributed by atoms with E-state index in [1.165, 1.54) is 0 Å². The normalized spacial score (nSPS) is 11.2. The second-order valence-corrected chi connectivity index (χ2v) is 6.84. The molecule has 0 aliphatic rings. The van der Waals surface area contributed by atoms with Crippen molar-refractivity contribution in [2.75, 3.05) is 20.8 Å². The van der Waals surface area contributed by atoms with E-state index in [9.17, 15) is 0 Å². The van der Waals surface area contributed by atoms with Crippen molar-refractivity contribution in [3.05, 3.63) is 41.3 Å². The van der Waals surface area contributed by atoms with Crippen LogP contribution in [0.15, 0.2) is 33.8 Å². The highest BCUT2D eigenvalue weighted by Gasteiger charge is 2.13. The lowest BCUT2D eigenvalue weighted by atomic mass is 9.99. The number of guanidine groups is 1. The fourth-order valence-electron chi connectivity index (χ4n) is 3.04. The van der Waals surface area contributed by atoms with Crippen LogP contribution in [-0.4, -0.2) is 31.9 Å². The maximum Gasteiger partial charge on any atom is 0.191 e. The molecule has 0 amide bonds. The van der Waals surface area contributed by atoms with Gasteiger partial charge in [0.2, 0.25) is 0 Å². The molecular formula is C22H35IN4O3. The highest BCUT2D eigenvalue weighted by Crippen LogP contribution is 2.28. The van der Waals surface area contributed by atoms with E-state index >= 15 is 0 Å². The predicted octanol–water partition coefficient (Wildman–Crippen LogP) is 4.86. The Labute approximate surface area is 197 Å². The Kier molecular flexibility index (Phi) is 12.3. The number of methoxy groups -OCH3 is 1. The maximum absolute atomic E-state index is 5.70. The number of aliphatic imine (C=N–C) groups is 1. The average Bonchev–Trinajstić information content (AvgIpc) is 3.22. The van der Waals surface area contributed by atoms with E-state index in [0.717, 1.165) is 47.8 Å². The molecule has 0 radical (unpaired) electrons. The van der Waals surface area contributed by atoms with Gasteiger partial charge in [-0.3, -0.25) is 4.99 Å². The molecule has 2 rings (SSSR count). The van der Waals surface area contributed by atoms with Gasteiger partial charge in [0.1, 0.15) is 0 Å². The lowest BCUT2D eigenvalue weighted by Crippen LogP contribution is -2.36. The second kappa shape index (κ2) is 14.1. The van der Waals surface area contributed by atoms with E-state index in [-0.39, 0.29) is 24.0 Å². The smallest absolute Gasteiger partial charge is 0.191 e. The molecule has 30 heavy (non-hydrogen) atoms. The van der Waals surface area contributed by atoms with Crippen molar-refractivity contribution in [2.24, 2.45) is 4.99 Å². The molecule has 8 heteroatoms. The SMILES string of the molecule is CCCOc1ccc(CNC(=NC)NCc2cc(C(CC)CC)no2)cc1OC.I. The van der Waals surface area contributed by atoms with Crippen LogP contribution in [0, 0.1) is 0 Å². The van der Waals surface area contributed by atoms with Crippen molar-refractivity contribution in [3.63, 3.8) is 0 Å². The van der Waals surface area contributed by atoms with Gasteiger partial charge in [-0.2, -0.15) is 0 Å².